The van der Waals surface area contributed by atoms with Gasteiger partial charge in [-0.05, 0) is 55.7 Å². The smallest absolute Gasteiger partial charge is 0.264 e. The second-order valence-electron chi connectivity index (χ2n) is 12.2. The molecule has 5 rings (SSSR count). The third-order valence-electron chi connectivity index (χ3n) is 8.75. The van der Waals surface area contributed by atoms with Crippen LogP contribution in [0.3, 0.4) is 0 Å². The Labute approximate surface area is 282 Å². The highest BCUT2D eigenvalue weighted by molar-refractivity contribution is 7.92. The van der Waals surface area contributed by atoms with Crippen LogP contribution in [0.15, 0.2) is 108 Å². The van der Waals surface area contributed by atoms with E-state index < -0.39 is 34.3 Å². The van der Waals surface area contributed by atoms with Crippen LogP contribution in [0.5, 0.6) is 5.75 Å². The standard InChI is InChI=1S/C38H42FN3O5S/c1-28-20-22-34(23-21-28)48(45,46)42(32-17-11-18-33(25-32)47-2)27-37(43)41(26-30-14-9-10-19-35(30)39)36(24-29-12-5-3-6-13-29)38(44)40-31-15-7-4-8-16-31/h3,5-6,9-14,17-23,25,31,36H,4,7-8,15-16,24,26-27H2,1-2H3,(H,40,44)/t36-/m1/s1. The summed E-state index contributed by atoms with van der Waals surface area (Å²) >= 11 is 0. The van der Waals surface area contributed by atoms with E-state index in [0.29, 0.717) is 5.75 Å². The highest BCUT2D eigenvalue weighted by Gasteiger charge is 2.36. The van der Waals surface area contributed by atoms with Gasteiger partial charge < -0.3 is 15.0 Å². The van der Waals surface area contributed by atoms with Gasteiger partial charge >= 0.3 is 0 Å². The van der Waals surface area contributed by atoms with E-state index in [0.717, 1.165) is 47.5 Å². The first-order valence-corrected chi connectivity index (χ1v) is 17.7. The van der Waals surface area contributed by atoms with Crippen LogP contribution in [0, 0.1) is 12.7 Å². The summed E-state index contributed by atoms with van der Waals surface area (Å²) in [6, 6.07) is 27.1. The molecule has 0 aliphatic heterocycles. The number of rotatable bonds is 13. The lowest BCUT2D eigenvalue weighted by Crippen LogP contribution is -2.55. The number of anilines is 1. The molecule has 0 bridgehead atoms. The molecule has 0 spiro atoms. The number of sulfonamides is 1. The summed E-state index contributed by atoms with van der Waals surface area (Å²) in [5, 5.41) is 3.16. The van der Waals surface area contributed by atoms with E-state index in [1.54, 1.807) is 48.5 Å². The molecule has 0 radical (unpaired) electrons. The van der Waals surface area contributed by atoms with Crippen molar-refractivity contribution in [2.75, 3.05) is 18.0 Å². The zero-order valence-corrected chi connectivity index (χ0v) is 28.2. The number of aryl methyl sites for hydroxylation is 1. The van der Waals surface area contributed by atoms with Crippen LogP contribution in [-0.2, 0) is 32.6 Å². The van der Waals surface area contributed by atoms with Crippen molar-refractivity contribution in [1.29, 1.82) is 0 Å². The molecule has 48 heavy (non-hydrogen) atoms. The summed E-state index contributed by atoms with van der Waals surface area (Å²) in [5.74, 6) is -1.14. The summed E-state index contributed by atoms with van der Waals surface area (Å²) in [5.41, 5.74) is 2.11. The number of carbonyl (C=O) groups excluding carboxylic acids is 2. The minimum absolute atomic E-state index is 0.000232. The maximum Gasteiger partial charge on any atom is 0.264 e. The summed E-state index contributed by atoms with van der Waals surface area (Å²) in [7, 11) is -2.81. The van der Waals surface area contributed by atoms with Gasteiger partial charge in [0, 0.05) is 30.6 Å². The molecule has 1 atom stereocenters. The van der Waals surface area contributed by atoms with Crippen LogP contribution in [0.25, 0.3) is 0 Å². The number of hydrogen-bond donors (Lipinski definition) is 1. The molecule has 4 aromatic rings. The fourth-order valence-electron chi connectivity index (χ4n) is 6.04. The first kappa shape index (κ1) is 34.6. The number of methoxy groups -OCH3 is 1. The van der Waals surface area contributed by atoms with Crippen LogP contribution in [-0.4, -0.2) is 50.9 Å². The van der Waals surface area contributed by atoms with Gasteiger partial charge in [0.2, 0.25) is 11.8 Å². The van der Waals surface area contributed by atoms with Crippen molar-refractivity contribution < 1.29 is 27.1 Å². The van der Waals surface area contributed by atoms with Crippen molar-refractivity contribution in [2.24, 2.45) is 0 Å². The molecule has 1 aliphatic carbocycles. The van der Waals surface area contributed by atoms with Crippen molar-refractivity contribution in [3.63, 3.8) is 0 Å². The molecular formula is C38H42FN3O5S. The van der Waals surface area contributed by atoms with Crippen molar-refractivity contribution in [3.05, 3.63) is 126 Å². The Hall–Kier alpha value is -4.70. The summed E-state index contributed by atoms with van der Waals surface area (Å²) < 4.78 is 50.1. The quantitative estimate of drug-likeness (QED) is 0.177. The SMILES string of the molecule is COc1cccc(N(CC(=O)N(Cc2ccccc2F)[C@H](Cc2ccccc2)C(=O)NC2CCCCC2)S(=O)(=O)c2ccc(C)cc2)c1. The number of halogens is 1. The maximum atomic E-state index is 15.2. The molecule has 1 saturated carbocycles. The zero-order chi connectivity index (χ0) is 34.1. The molecule has 8 nitrogen and oxygen atoms in total. The molecule has 4 aromatic carbocycles. The van der Waals surface area contributed by atoms with E-state index in [4.69, 9.17) is 4.74 Å². The lowest BCUT2D eigenvalue weighted by atomic mass is 9.94. The Morgan fingerprint density at radius 2 is 1.58 bits per heavy atom. The lowest BCUT2D eigenvalue weighted by Gasteiger charge is -2.35. The number of ether oxygens (including phenoxy) is 1. The predicted molar refractivity (Wildman–Crippen MR) is 185 cm³/mol. The van der Waals surface area contributed by atoms with Gasteiger partial charge in [0.1, 0.15) is 24.2 Å². The van der Waals surface area contributed by atoms with Crippen LogP contribution < -0.4 is 14.4 Å². The molecule has 2 amide bonds. The Morgan fingerprint density at radius 1 is 0.896 bits per heavy atom. The van der Waals surface area contributed by atoms with E-state index >= 15 is 4.39 Å². The normalized spacial score (nSPS) is 14.1. The number of hydrogen-bond acceptors (Lipinski definition) is 5. The fraction of sp³-hybridized carbons (Fsp3) is 0.316. The van der Waals surface area contributed by atoms with E-state index in [2.05, 4.69) is 5.32 Å². The highest BCUT2D eigenvalue weighted by atomic mass is 32.2. The molecule has 10 heteroatoms. The van der Waals surface area contributed by atoms with Crippen LogP contribution in [0.4, 0.5) is 10.1 Å². The van der Waals surface area contributed by atoms with Crippen LogP contribution >= 0.6 is 0 Å². The van der Waals surface area contributed by atoms with Gasteiger partial charge in [0.25, 0.3) is 10.0 Å². The number of nitrogens with zero attached hydrogens (tertiary/aromatic N) is 2. The second kappa shape index (κ2) is 15.9. The maximum absolute atomic E-state index is 15.2. The van der Waals surface area contributed by atoms with E-state index in [1.165, 1.54) is 36.3 Å². The molecule has 0 saturated heterocycles. The Kier molecular flexibility index (Phi) is 11.5. The van der Waals surface area contributed by atoms with Gasteiger partial charge in [0.15, 0.2) is 0 Å². The van der Waals surface area contributed by atoms with Crippen LogP contribution in [0.2, 0.25) is 0 Å². The van der Waals surface area contributed by atoms with Crippen LogP contribution in [0.1, 0.15) is 48.8 Å². The van der Waals surface area contributed by atoms with Crippen molar-refractivity contribution in [3.8, 4) is 5.75 Å². The summed E-state index contributed by atoms with van der Waals surface area (Å²) in [6.07, 6.45) is 4.93. The molecule has 0 aromatic heterocycles. The number of benzene rings is 4. The fourth-order valence-corrected chi connectivity index (χ4v) is 7.45. The first-order chi connectivity index (χ1) is 23.2. The van der Waals surface area contributed by atoms with Crippen molar-refractivity contribution >= 4 is 27.5 Å². The van der Waals surface area contributed by atoms with Gasteiger partial charge in [-0.25, -0.2) is 12.8 Å². The molecule has 1 aliphatic rings. The highest BCUT2D eigenvalue weighted by Crippen LogP contribution is 2.28. The van der Waals surface area contributed by atoms with Gasteiger partial charge in [-0.15, -0.1) is 0 Å². The van der Waals surface area contributed by atoms with Gasteiger partial charge in [-0.1, -0.05) is 91.6 Å². The number of carbonyl (C=O) groups is 2. The zero-order valence-electron chi connectivity index (χ0n) is 27.3. The molecule has 1 fully saturated rings. The molecule has 252 valence electrons. The van der Waals surface area contributed by atoms with E-state index in [1.807, 2.05) is 37.3 Å². The van der Waals surface area contributed by atoms with E-state index in [9.17, 15) is 18.0 Å². The second-order valence-corrected chi connectivity index (χ2v) is 14.1. The van der Waals surface area contributed by atoms with Gasteiger partial charge in [0.05, 0.1) is 17.7 Å². The van der Waals surface area contributed by atoms with Crippen molar-refractivity contribution in [1.82, 2.24) is 10.2 Å². The Morgan fingerprint density at radius 3 is 2.27 bits per heavy atom. The van der Waals surface area contributed by atoms with Crippen molar-refractivity contribution in [2.45, 2.75) is 69.0 Å². The molecule has 1 N–H and O–H groups in total. The molecular weight excluding hydrogens is 629 g/mol. The summed E-state index contributed by atoms with van der Waals surface area (Å²) in [4.78, 5) is 30.1. The Balaban J connectivity index is 1.58. The monoisotopic (exact) mass is 671 g/mol. The number of amides is 2. The number of nitrogens with one attached hydrogen (secondary N) is 1. The molecule has 0 unspecified atom stereocenters. The predicted octanol–water partition coefficient (Wildman–Crippen LogP) is 6.43. The third-order valence-corrected chi connectivity index (χ3v) is 10.5. The topological polar surface area (TPSA) is 96.0 Å². The lowest BCUT2D eigenvalue weighted by molar-refractivity contribution is -0.140. The minimum Gasteiger partial charge on any atom is -0.497 e. The molecule has 0 heterocycles. The van der Waals surface area contributed by atoms with E-state index in [-0.39, 0.29) is 41.1 Å². The van der Waals surface area contributed by atoms with Gasteiger partial charge in [-0.2, -0.15) is 0 Å². The third kappa shape index (κ3) is 8.60. The van der Waals surface area contributed by atoms with Gasteiger partial charge in [-0.3, -0.25) is 13.9 Å². The first-order valence-electron chi connectivity index (χ1n) is 16.3. The minimum atomic E-state index is -4.28. The average Bonchev–Trinajstić information content (AvgIpc) is 3.10. The largest absolute Gasteiger partial charge is 0.497 e. The Bertz CT molecular complexity index is 1790. The average molecular weight is 672 g/mol. The summed E-state index contributed by atoms with van der Waals surface area (Å²) in [6.45, 7) is 0.975.